The van der Waals surface area contributed by atoms with Crippen molar-refractivity contribution in [1.82, 2.24) is 4.31 Å². The molecule has 2 aromatic carbocycles. The predicted octanol–water partition coefficient (Wildman–Crippen LogP) is 2.80. The molecule has 0 saturated carbocycles. The van der Waals surface area contributed by atoms with Gasteiger partial charge < -0.3 is 4.74 Å². The van der Waals surface area contributed by atoms with Gasteiger partial charge in [-0.3, -0.25) is 0 Å². The zero-order valence-electron chi connectivity index (χ0n) is 12.8. The average molecular weight is 330 g/mol. The Bertz CT molecular complexity index is 766. The molecule has 0 unspecified atom stereocenters. The van der Waals surface area contributed by atoms with Crippen molar-refractivity contribution in [1.29, 1.82) is 5.26 Å². The van der Waals surface area contributed by atoms with Crippen LogP contribution in [0.4, 0.5) is 0 Å². The fourth-order valence-electron chi connectivity index (χ4n) is 2.14. The Kier molecular flexibility index (Phi) is 5.74. The highest BCUT2D eigenvalue weighted by Crippen LogP contribution is 2.21. The van der Waals surface area contributed by atoms with Crippen LogP contribution < -0.4 is 4.74 Å². The molecule has 0 aliphatic heterocycles. The lowest BCUT2D eigenvalue weighted by Gasteiger charge is -2.21. The fourth-order valence-corrected chi connectivity index (χ4v) is 3.57. The molecule has 0 heterocycles. The van der Waals surface area contributed by atoms with Gasteiger partial charge >= 0.3 is 0 Å². The molecule has 0 amide bonds. The molecule has 0 atom stereocenters. The summed E-state index contributed by atoms with van der Waals surface area (Å²) in [6.07, 6.45) is 0.141. The summed E-state index contributed by atoms with van der Waals surface area (Å²) in [6.45, 7) is 0.386. The van der Waals surface area contributed by atoms with Crippen LogP contribution in [0.25, 0.3) is 0 Å². The number of benzene rings is 2. The summed E-state index contributed by atoms with van der Waals surface area (Å²) >= 11 is 0. The Morgan fingerprint density at radius 2 is 1.74 bits per heavy atom. The summed E-state index contributed by atoms with van der Waals surface area (Å²) < 4.78 is 32.0. The highest BCUT2D eigenvalue weighted by atomic mass is 32.2. The van der Waals surface area contributed by atoms with Crippen molar-refractivity contribution >= 4 is 10.0 Å². The third-order valence-electron chi connectivity index (χ3n) is 3.37. The van der Waals surface area contributed by atoms with Gasteiger partial charge in [-0.15, -0.1) is 0 Å². The van der Waals surface area contributed by atoms with Gasteiger partial charge in [0.25, 0.3) is 0 Å². The van der Waals surface area contributed by atoms with Gasteiger partial charge in [-0.25, -0.2) is 8.42 Å². The molecule has 0 radical (unpaired) electrons. The average Bonchev–Trinajstić information content (AvgIpc) is 2.59. The van der Waals surface area contributed by atoms with Crippen LogP contribution in [0.5, 0.6) is 5.75 Å². The molecule has 0 aliphatic carbocycles. The van der Waals surface area contributed by atoms with Crippen molar-refractivity contribution < 1.29 is 13.2 Å². The van der Waals surface area contributed by atoms with Crippen molar-refractivity contribution in [2.75, 3.05) is 13.7 Å². The molecule has 2 rings (SSSR count). The number of methoxy groups -OCH3 is 1. The van der Waals surface area contributed by atoms with E-state index < -0.39 is 10.0 Å². The quantitative estimate of drug-likeness (QED) is 0.783. The highest BCUT2D eigenvalue weighted by Gasteiger charge is 2.24. The molecule has 0 spiro atoms. The Labute approximate surface area is 136 Å². The van der Waals surface area contributed by atoms with Gasteiger partial charge in [-0.2, -0.15) is 9.57 Å². The lowest BCUT2D eigenvalue weighted by molar-refractivity contribution is 0.410. The Morgan fingerprint density at radius 1 is 1.09 bits per heavy atom. The Morgan fingerprint density at radius 3 is 2.30 bits per heavy atom. The van der Waals surface area contributed by atoms with Gasteiger partial charge in [0.2, 0.25) is 10.0 Å². The standard InChI is InChI=1S/C17H18N2O3S/c1-22-16-8-10-17(11-9-16)23(20,21)19(13-5-12-18)14-15-6-3-2-4-7-15/h2-4,6-11H,5,13-14H2,1H3. The third kappa shape index (κ3) is 4.31. The van der Waals surface area contributed by atoms with Crippen LogP contribution >= 0.6 is 0 Å². The summed E-state index contributed by atoms with van der Waals surface area (Å²) in [4.78, 5) is 0.187. The first-order valence-corrected chi connectivity index (χ1v) is 8.57. The minimum Gasteiger partial charge on any atom is -0.497 e. The van der Waals surface area contributed by atoms with E-state index in [2.05, 4.69) is 0 Å². The van der Waals surface area contributed by atoms with Gasteiger partial charge in [-0.1, -0.05) is 30.3 Å². The molecular formula is C17H18N2O3S. The monoisotopic (exact) mass is 330 g/mol. The molecule has 5 nitrogen and oxygen atoms in total. The largest absolute Gasteiger partial charge is 0.497 e. The first-order chi connectivity index (χ1) is 11.1. The second-order valence-electron chi connectivity index (χ2n) is 4.91. The van der Waals surface area contributed by atoms with Gasteiger partial charge in [0, 0.05) is 19.5 Å². The molecule has 6 heteroatoms. The summed E-state index contributed by atoms with van der Waals surface area (Å²) in [6, 6.07) is 17.6. The smallest absolute Gasteiger partial charge is 0.243 e. The molecule has 0 fully saturated rings. The van der Waals surface area contributed by atoms with E-state index in [1.165, 1.54) is 23.5 Å². The number of nitrogens with zero attached hydrogens (tertiary/aromatic N) is 2. The summed E-state index contributed by atoms with van der Waals surface area (Å²) in [5.74, 6) is 0.593. The summed E-state index contributed by atoms with van der Waals surface area (Å²) in [7, 11) is -2.14. The lowest BCUT2D eigenvalue weighted by Crippen LogP contribution is -2.31. The normalized spacial score (nSPS) is 11.2. The SMILES string of the molecule is COc1ccc(S(=O)(=O)N(CCC#N)Cc2ccccc2)cc1. The van der Waals surface area contributed by atoms with Crippen LogP contribution in [0.2, 0.25) is 0 Å². The van der Waals surface area contributed by atoms with Crippen molar-refractivity contribution in [3.05, 3.63) is 60.2 Å². The van der Waals surface area contributed by atoms with Crippen LogP contribution in [0.3, 0.4) is 0 Å². The van der Waals surface area contributed by atoms with E-state index in [1.807, 2.05) is 36.4 Å². The molecular weight excluding hydrogens is 312 g/mol. The Hall–Kier alpha value is -2.36. The van der Waals surface area contributed by atoms with E-state index in [-0.39, 0.29) is 24.4 Å². The summed E-state index contributed by atoms with van der Waals surface area (Å²) in [5.41, 5.74) is 0.877. The first kappa shape index (κ1) is 17.0. The zero-order chi connectivity index (χ0) is 16.7. The first-order valence-electron chi connectivity index (χ1n) is 7.13. The molecule has 2 aromatic rings. The number of nitriles is 1. The van der Waals surface area contributed by atoms with E-state index in [0.717, 1.165) is 5.56 Å². The lowest BCUT2D eigenvalue weighted by atomic mass is 10.2. The number of sulfonamides is 1. The topological polar surface area (TPSA) is 70.4 Å². The maximum Gasteiger partial charge on any atom is 0.243 e. The van der Waals surface area contributed by atoms with Crippen LogP contribution in [-0.4, -0.2) is 26.4 Å². The van der Waals surface area contributed by atoms with Gasteiger partial charge in [-0.05, 0) is 29.8 Å². The van der Waals surface area contributed by atoms with Crippen LogP contribution in [-0.2, 0) is 16.6 Å². The predicted molar refractivity (Wildman–Crippen MR) is 87.3 cm³/mol. The van der Waals surface area contributed by atoms with Gasteiger partial charge in [0.15, 0.2) is 0 Å². The molecule has 0 aromatic heterocycles. The molecule has 23 heavy (non-hydrogen) atoms. The van der Waals surface area contributed by atoms with E-state index in [0.29, 0.717) is 5.75 Å². The van der Waals surface area contributed by atoms with E-state index in [1.54, 1.807) is 12.1 Å². The third-order valence-corrected chi connectivity index (χ3v) is 5.23. The Balaban J connectivity index is 2.30. The van der Waals surface area contributed by atoms with E-state index >= 15 is 0 Å². The van der Waals surface area contributed by atoms with Gasteiger partial charge in [0.05, 0.1) is 18.1 Å². The van der Waals surface area contributed by atoms with Crippen LogP contribution in [0.1, 0.15) is 12.0 Å². The maximum atomic E-state index is 12.8. The minimum atomic E-state index is -3.67. The second kappa shape index (κ2) is 7.77. The number of hydrogen-bond donors (Lipinski definition) is 0. The molecule has 0 aliphatic rings. The number of rotatable bonds is 7. The van der Waals surface area contributed by atoms with Gasteiger partial charge in [0.1, 0.15) is 5.75 Å². The zero-order valence-corrected chi connectivity index (χ0v) is 13.7. The van der Waals surface area contributed by atoms with E-state index in [9.17, 15) is 8.42 Å². The molecule has 0 bridgehead atoms. The van der Waals surface area contributed by atoms with Crippen LogP contribution in [0, 0.1) is 11.3 Å². The van der Waals surface area contributed by atoms with Crippen molar-refractivity contribution in [2.24, 2.45) is 0 Å². The van der Waals surface area contributed by atoms with Crippen molar-refractivity contribution in [3.8, 4) is 11.8 Å². The van der Waals surface area contributed by atoms with E-state index in [4.69, 9.17) is 10.00 Å². The molecule has 120 valence electrons. The number of hydrogen-bond acceptors (Lipinski definition) is 4. The molecule has 0 N–H and O–H groups in total. The number of ether oxygens (including phenoxy) is 1. The van der Waals surface area contributed by atoms with Crippen molar-refractivity contribution in [2.45, 2.75) is 17.9 Å². The second-order valence-corrected chi connectivity index (χ2v) is 6.85. The maximum absolute atomic E-state index is 12.8. The van der Waals surface area contributed by atoms with Crippen LogP contribution in [0.15, 0.2) is 59.5 Å². The fraction of sp³-hybridized carbons (Fsp3) is 0.235. The minimum absolute atomic E-state index is 0.141. The molecule has 0 saturated heterocycles. The summed E-state index contributed by atoms with van der Waals surface area (Å²) in [5, 5.41) is 8.80. The highest BCUT2D eigenvalue weighted by molar-refractivity contribution is 7.89. The van der Waals surface area contributed by atoms with Crippen molar-refractivity contribution in [3.63, 3.8) is 0 Å².